The molecular formula is C20H32N4O4S. The second kappa shape index (κ2) is 10.2. The van der Waals surface area contributed by atoms with E-state index in [-0.39, 0.29) is 18.4 Å². The molecule has 0 aromatic heterocycles. The lowest BCUT2D eigenvalue weighted by Gasteiger charge is -2.34. The Balaban J connectivity index is 1.88. The van der Waals surface area contributed by atoms with Gasteiger partial charge in [-0.2, -0.15) is 4.31 Å². The van der Waals surface area contributed by atoms with E-state index in [9.17, 15) is 18.0 Å². The summed E-state index contributed by atoms with van der Waals surface area (Å²) < 4.78 is 27.4. The number of aryl methyl sites for hydroxylation is 2. The summed E-state index contributed by atoms with van der Waals surface area (Å²) >= 11 is 0. The first-order valence-corrected chi connectivity index (χ1v) is 11.5. The summed E-state index contributed by atoms with van der Waals surface area (Å²) in [5.74, 6) is -0.445. The minimum absolute atomic E-state index is 0.142. The summed E-state index contributed by atoms with van der Waals surface area (Å²) in [5, 5.41) is 5.44. The molecule has 1 atom stereocenters. The molecule has 1 aromatic rings. The van der Waals surface area contributed by atoms with Gasteiger partial charge in [-0.25, -0.2) is 8.42 Å². The van der Waals surface area contributed by atoms with Crippen molar-refractivity contribution in [3.8, 4) is 0 Å². The molecule has 1 aromatic carbocycles. The number of nitrogens with zero attached hydrogens (tertiary/aromatic N) is 2. The number of benzene rings is 1. The van der Waals surface area contributed by atoms with Gasteiger partial charge in [0.2, 0.25) is 21.8 Å². The van der Waals surface area contributed by atoms with Gasteiger partial charge in [-0.1, -0.05) is 19.1 Å². The monoisotopic (exact) mass is 424 g/mol. The molecule has 1 aliphatic heterocycles. The highest BCUT2D eigenvalue weighted by molar-refractivity contribution is 7.89. The smallest absolute Gasteiger partial charge is 0.243 e. The molecule has 0 radical (unpaired) electrons. The molecule has 9 heteroatoms. The maximum Gasteiger partial charge on any atom is 0.243 e. The minimum atomic E-state index is -3.55. The Hall–Kier alpha value is -1.97. The summed E-state index contributed by atoms with van der Waals surface area (Å²) in [5.41, 5.74) is 1.63. The topological polar surface area (TPSA) is 98.8 Å². The molecule has 8 nitrogen and oxygen atoms in total. The van der Waals surface area contributed by atoms with Gasteiger partial charge >= 0.3 is 0 Å². The zero-order chi connectivity index (χ0) is 21.6. The Morgan fingerprint density at radius 1 is 1.14 bits per heavy atom. The summed E-state index contributed by atoms with van der Waals surface area (Å²) in [7, 11) is -3.55. The molecule has 162 valence electrons. The second-order valence-electron chi connectivity index (χ2n) is 7.53. The molecule has 0 saturated carbocycles. The van der Waals surface area contributed by atoms with Gasteiger partial charge in [0, 0.05) is 32.7 Å². The summed E-state index contributed by atoms with van der Waals surface area (Å²) in [6.07, 6.45) is 0.835. The van der Waals surface area contributed by atoms with Crippen LogP contribution in [0.15, 0.2) is 23.1 Å². The van der Waals surface area contributed by atoms with Gasteiger partial charge in [0.1, 0.15) is 6.04 Å². The van der Waals surface area contributed by atoms with Crippen LogP contribution in [0.2, 0.25) is 0 Å². The zero-order valence-electron chi connectivity index (χ0n) is 17.7. The summed E-state index contributed by atoms with van der Waals surface area (Å²) in [6, 6.07) is 4.82. The first kappa shape index (κ1) is 23.3. The highest BCUT2D eigenvalue weighted by Crippen LogP contribution is 2.22. The predicted octanol–water partition coefficient (Wildman–Crippen LogP) is 0.641. The molecule has 2 rings (SSSR count). The van der Waals surface area contributed by atoms with Crippen molar-refractivity contribution in [2.45, 2.75) is 45.1 Å². The first-order chi connectivity index (χ1) is 13.6. The van der Waals surface area contributed by atoms with E-state index in [0.29, 0.717) is 37.6 Å². The number of hydrogen-bond donors (Lipinski definition) is 2. The standard InChI is InChI=1S/C20H32N4O4S/c1-5-8-21-20(26)17(4)22-19(25)14-23-9-11-24(12-10-23)29(27,28)18-13-15(2)6-7-16(18)3/h6-7,13,17H,5,8-12,14H2,1-4H3,(H,21,26)(H,22,25)/t17-/m1/s1. The van der Waals surface area contributed by atoms with Crippen molar-refractivity contribution >= 4 is 21.8 Å². The molecule has 0 unspecified atom stereocenters. The fraction of sp³-hybridized carbons (Fsp3) is 0.600. The van der Waals surface area contributed by atoms with E-state index in [1.54, 1.807) is 19.9 Å². The number of rotatable bonds is 8. The van der Waals surface area contributed by atoms with E-state index in [1.165, 1.54) is 4.31 Å². The lowest BCUT2D eigenvalue weighted by atomic mass is 10.2. The molecule has 2 amide bonds. The van der Waals surface area contributed by atoms with Crippen LogP contribution in [-0.2, 0) is 19.6 Å². The van der Waals surface area contributed by atoms with Gasteiger partial charge in [0.15, 0.2) is 0 Å². The van der Waals surface area contributed by atoms with Crippen LogP contribution in [0.4, 0.5) is 0 Å². The zero-order valence-corrected chi connectivity index (χ0v) is 18.5. The van der Waals surface area contributed by atoms with Gasteiger partial charge in [-0.05, 0) is 44.4 Å². The van der Waals surface area contributed by atoms with Crippen LogP contribution < -0.4 is 10.6 Å². The van der Waals surface area contributed by atoms with Crippen LogP contribution in [0.25, 0.3) is 0 Å². The van der Waals surface area contributed by atoms with E-state index < -0.39 is 16.1 Å². The summed E-state index contributed by atoms with van der Waals surface area (Å²) in [6.45, 7) is 9.59. The first-order valence-electron chi connectivity index (χ1n) is 10.0. The number of hydrogen-bond acceptors (Lipinski definition) is 5. The van der Waals surface area contributed by atoms with Gasteiger partial charge in [0.05, 0.1) is 11.4 Å². The van der Waals surface area contributed by atoms with Crippen LogP contribution in [0.3, 0.4) is 0 Å². The average molecular weight is 425 g/mol. The van der Waals surface area contributed by atoms with Crippen LogP contribution in [-0.4, -0.2) is 74.7 Å². The molecule has 0 spiro atoms. The Labute approximate surface area is 173 Å². The Morgan fingerprint density at radius 3 is 2.41 bits per heavy atom. The number of sulfonamides is 1. The molecule has 1 fully saturated rings. The van der Waals surface area contributed by atoms with Crippen molar-refractivity contribution in [3.05, 3.63) is 29.3 Å². The van der Waals surface area contributed by atoms with Crippen molar-refractivity contribution < 1.29 is 18.0 Å². The van der Waals surface area contributed by atoms with E-state index >= 15 is 0 Å². The lowest BCUT2D eigenvalue weighted by molar-refractivity contribution is -0.129. The van der Waals surface area contributed by atoms with Crippen LogP contribution in [0.5, 0.6) is 0 Å². The Bertz CT molecular complexity index is 833. The number of carbonyl (C=O) groups excluding carboxylic acids is 2. The highest BCUT2D eigenvalue weighted by atomic mass is 32.2. The van der Waals surface area contributed by atoms with E-state index in [0.717, 1.165) is 17.5 Å². The van der Waals surface area contributed by atoms with Crippen LogP contribution in [0, 0.1) is 13.8 Å². The second-order valence-corrected chi connectivity index (χ2v) is 9.44. The molecule has 0 aliphatic carbocycles. The van der Waals surface area contributed by atoms with Crippen molar-refractivity contribution in [2.24, 2.45) is 0 Å². The molecule has 2 N–H and O–H groups in total. The molecule has 1 heterocycles. The van der Waals surface area contributed by atoms with E-state index in [4.69, 9.17) is 0 Å². The maximum atomic E-state index is 13.0. The number of amides is 2. The third kappa shape index (κ3) is 6.25. The van der Waals surface area contributed by atoms with E-state index in [1.807, 2.05) is 30.9 Å². The van der Waals surface area contributed by atoms with Gasteiger partial charge < -0.3 is 10.6 Å². The van der Waals surface area contributed by atoms with Crippen molar-refractivity contribution in [1.82, 2.24) is 19.8 Å². The molecule has 0 bridgehead atoms. The molecule has 29 heavy (non-hydrogen) atoms. The Morgan fingerprint density at radius 2 is 1.79 bits per heavy atom. The molecule has 1 aliphatic rings. The summed E-state index contributed by atoms with van der Waals surface area (Å²) in [4.78, 5) is 26.3. The predicted molar refractivity (Wildman–Crippen MR) is 112 cm³/mol. The van der Waals surface area contributed by atoms with Crippen molar-refractivity contribution in [1.29, 1.82) is 0 Å². The molecule has 1 saturated heterocycles. The van der Waals surface area contributed by atoms with Crippen molar-refractivity contribution in [3.63, 3.8) is 0 Å². The number of piperazine rings is 1. The lowest BCUT2D eigenvalue weighted by Crippen LogP contribution is -2.53. The average Bonchev–Trinajstić information content (AvgIpc) is 2.68. The molecular weight excluding hydrogens is 392 g/mol. The van der Waals surface area contributed by atoms with Gasteiger partial charge in [-0.3, -0.25) is 14.5 Å². The Kier molecular flexibility index (Phi) is 8.18. The normalized spacial score (nSPS) is 17.0. The maximum absolute atomic E-state index is 13.0. The van der Waals surface area contributed by atoms with Crippen LogP contribution >= 0.6 is 0 Å². The highest BCUT2D eigenvalue weighted by Gasteiger charge is 2.30. The van der Waals surface area contributed by atoms with Gasteiger partial charge in [-0.15, -0.1) is 0 Å². The fourth-order valence-electron chi connectivity index (χ4n) is 3.21. The third-order valence-electron chi connectivity index (χ3n) is 4.98. The quantitative estimate of drug-likeness (QED) is 0.638. The fourth-order valence-corrected chi connectivity index (χ4v) is 4.94. The minimum Gasteiger partial charge on any atom is -0.354 e. The number of carbonyl (C=O) groups is 2. The third-order valence-corrected chi connectivity index (χ3v) is 7.02. The largest absolute Gasteiger partial charge is 0.354 e. The van der Waals surface area contributed by atoms with Gasteiger partial charge in [0.25, 0.3) is 0 Å². The van der Waals surface area contributed by atoms with E-state index in [2.05, 4.69) is 10.6 Å². The SMILES string of the molecule is CCCNC(=O)[C@@H](C)NC(=O)CN1CCN(S(=O)(=O)c2cc(C)ccc2C)CC1. The van der Waals surface area contributed by atoms with Crippen molar-refractivity contribution in [2.75, 3.05) is 39.3 Å². The number of nitrogens with one attached hydrogen (secondary N) is 2. The van der Waals surface area contributed by atoms with Crippen LogP contribution in [0.1, 0.15) is 31.4 Å².